The van der Waals surface area contributed by atoms with Crippen molar-refractivity contribution in [1.82, 2.24) is 9.55 Å². The Balaban J connectivity index is 0.00000161. The highest BCUT2D eigenvalue weighted by molar-refractivity contribution is 5.85. The average molecular weight is 303 g/mol. The van der Waals surface area contributed by atoms with Gasteiger partial charge in [0.15, 0.2) is 0 Å². The van der Waals surface area contributed by atoms with E-state index >= 15 is 0 Å². The van der Waals surface area contributed by atoms with E-state index < -0.39 is 0 Å². The summed E-state index contributed by atoms with van der Waals surface area (Å²) >= 11 is 0. The highest BCUT2D eigenvalue weighted by Crippen LogP contribution is 2.18. The number of imidazole rings is 1. The number of rotatable bonds is 3. The summed E-state index contributed by atoms with van der Waals surface area (Å²) in [6.07, 6.45) is 3.20. The maximum Gasteiger partial charge on any atom is 0.309 e. The van der Waals surface area contributed by atoms with Crippen molar-refractivity contribution in [2.45, 2.75) is 13.5 Å². The fourth-order valence-electron chi connectivity index (χ4n) is 2.19. The maximum atomic E-state index is 11.0. The monoisotopic (exact) mass is 302 g/mol. The van der Waals surface area contributed by atoms with Crippen LogP contribution in [0, 0.1) is 0 Å². The number of hydrogen-bond donors (Lipinski definition) is 0. The van der Waals surface area contributed by atoms with Crippen molar-refractivity contribution in [2.75, 3.05) is 0 Å². The molecule has 0 spiro atoms. The number of halogens is 1. The summed E-state index contributed by atoms with van der Waals surface area (Å²) in [5.74, 6) is 0.121. The molecule has 0 saturated carbocycles. The molecule has 0 amide bonds. The summed E-state index contributed by atoms with van der Waals surface area (Å²) < 4.78 is 6.92. The Morgan fingerprint density at radius 1 is 1.19 bits per heavy atom. The molecular weight excluding hydrogens is 288 g/mol. The quantitative estimate of drug-likeness (QED) is 0.696. The number of hydrogen-bond acceptors (Lipinski definition) is 3. The molecule has 0 atom stereocenters. The fraction of sp³-hybridized carbons (Fsp3) is 0.125. The van der Waals surface area contributed by atoms with Crippen LogP contribution in [0.3, 0.4) is 0 Å². The summed E-state index contributed by atoms with van der Waals surface area (Å²) in [7, 11) is 0. The number of nitrogens with zero attached hydrogens (tertiary/aromatic N) is 2. The number of carbonyl (C=O) groups excluding carboxylic acids is 1. The molecule has 108 valence electrons. The van der Waals surface area contributed by atoms with Crippen molar-refractivity contribution in [3.63, 3.8) is 0 Å². The van der Waals surface area contributed by atoms with E-state index in [4.69, 9.17) is 4.74 Å². The Hall–Kier alpha value is -2.33. The van der Waals surface area contributed by atoms with Gasteiger partial charge >= 0.3 is 5.97 Å². The molecule has 0 saturated heterocycles. The molecule has 0 bridgehead atoms. The zero-order valence-corrected chi connectivity index (χ0v) is 12.3. The fourth-order valence-corrected chi connectivity index (χ4v) is 2.19. The Labute approximate surface area is 128 Å². The van der Waals surface area contributed by atoms with Gasteiger partial charge in [-0.15, -0.1) is 12.4 Å². The van der Waals surface area contributed by atoms with Gasteiger partial charge in [0.2, 0.25) is 5.88 Å². The third kappa shape index (κ3) is 3.41. The van der Waals surface area contributed by atoms with Gasteiger partial charge < -0.3 is 4.74 Å². The zero-order chi connectivity index (χ0) is 13.9. The molecule has 0 N–H and O–H groups in total. The van der Waals surface area contributed by atoms with Crippen LogP contribution in [-0.4, -0.2) is 15.5 Å². The van der Waals surface area contributed by atoms with Crippen molar-refractivity contribution in [1.29, 1.82) is 0 Å². The van der Waals surface area contributed by atoms with E-state index in [9.17, 15) is 4.79 Å². The molecule has 4 nitrogen and oxygen atoms in total. The van der Waals surface area contributed by atoms with E-state index in [1.54, 1.807) is 12.5 Å². The van der Waals surface area contributed by atoms with Crippen molar-refractivity contribution in [3.8, 4) is 5.88 Å². The SMILES string of the molecule is CC(=O)Oc1cncn1Cc1ccc2ccccc2c1.Cl. The van der Waals surface area contributed by atoms with Gasteiger partial charge in [-0.3, -0.25) is 9.36 Å². The average Bonchev–Trinajstić information content (AvgIpc) is 2.85. The van der Waals surface area contributed by atoms with Gasteiger partial charge in [0.25, 0.3) is 0 Å². The molecule has 0 fully saturated rings. The van der Waals surface area contributed by atoms with Crippen molar-refractivity contribution < 1.29 is 9.53 Å². The minimum Gasteiger partial charge on any atom is -0.408 e. The van der Waals surface area contributed by atoms with E-state index in [0.717, 1.165) is 5.56 Å². The normalized spacial score (nSPS) is 10.1. The van der Waals surface area contributed by atoms with E-state index in [0.29, 0.717) is 12.4 Å². The number of ether oxygens (including phenoxy) is 1. The molecule has 0 aliphatic rings. The zero-order valence-electron chi connectivity index (χ0n) is 11.5. The molecule has 3 aromatic rings. The summed E-state index contributed by atoms with van der Waals surface area (Å²) in [6.45, 7) is 2.00. The summed E-state index contributed by atoms with van der Waals surface area (Å²) in [4.78, 5) is 15.0. The minimum absolute atomic E-state index is 0. The van der Waals surface area contributed by atoms with Crippen LogP contribution in [0.4, 0.5) is 0 Å². The van der Waals surface area contributed by atoms with E-state index in [1.807, 2.05) is 16.7 Å². The van der Waals surface area contributed by atoms with E-state index in [1.165, 1.54) is 17.7 Å². The lowest BCUT2D eigenvalue weighted by atomic mass is 10.1. The van der Waals surface area contributed by atoms with E-state index in [-0.39, 0.29) is 18.4 Å². The Morgan fingerprint density at radius 2 is 1.95 bits per heavy atom. The molecule has 0 radical (unpaired) electrons. The van der Waals surface area contributed by atoms with Gasteiger partial charge in [-0.2, -0.15) is 0 Å². The molecule has 21 heavy (non-hydrogen) atoms. The van der Waals surface area contributed by atoms with Crippen LogP contribution < -0.4 is 4.74 Å². The lowest BCUT2D eigenvalue weighted by molar-refractivity contribution is -0.132. The molecule has 5 heteroatoms. The van der Waals surface area contributed by atoms with Crippen molar-refractivity contribution in [2.24, 2.45) is 0 Å². The highest BCUT2D eigenvalue weighted by Gasteiger charge is 2.06. The molecule has 1 aromatic heterocycles. The second kappa shape index (κ2) is 6.41. The van der Waals surface area contributed by atoms with Crippen LogP contribution in [0.25, 0.3) is 10.8 Å². The van der Waals surface area contributed by atoms with Gasteiger partial charge in [0, 0.05) is 6.92 Å². The van der Waals surface area contributed by atoms with Crippen LogP contribution in [0.1, 0.15) is 12.5 Å². The first kappa shape index (κ1) is 15.1. The van der Waals surface area contributed by atoms with E-state index in [2.05, 4.69) is 35.3 Å². The second-order valence-corrected chi connectivity index (χ2v) is 4.63. The first-order valence-corrected chi connectivity index (χ1v) is 6.38. The van der Waals surface area contributed by atoms with Crippen LogP contribution >= 0.6 is 12.4 Å². The van der Waals surface area contributed by atoms with Crippen LogP contribution in [0.2, 0.25) is 0 Å². The van der Waals surface area contributed by atoms with Crippen LogP contribution in [0.5, 0.6) is 5.88 Å². The lowest BCUT2D eigenvalue weighted by Crippen LogP contribution is -2.07. The molecule has 2 aromatic carbocycles. The third-order valence-corrected chi connectivity index (χ3v) is 3.09. The number of aromatic nitrogens is 2. The summed E-state index contributed by atoms with van der Waals surface area (Å²) in [5.41, 5.74) is 1.13. The Bertz CT molecular complexity index is 768. The summed E-state index contributed by atoms with van der Waals surface area (Å²) in [5, 5.41) is 2.40. The smallest absolute Gasteiger partial charge is 0.309 e. The third-order valence-electron chi connectivity index (χ3n) is 3.09. The Morgan fingerprint density at radius 3 is 2.71 bits per heavy atom. The van der Waals surface area contributed by atoms with Crippen LogP contribution in [-0.2, 0) is 11.3 Å². The first-order valence-electron chi connectivity index (χ1n) is 6.38. The largest absolute Gasteiger partial charge is 0.408 e. The number of benzene rings is 2. The standard InChI is InChI=1S/C16H14N2O2.ClH/c1-12(19)20-16-9-17-11-18(16)10-13-6-7-14-4-2-3-5-15(14)8-13;/h2-9,11H,10H2,1H3;1H. The second-order valence-electron chi connectivity index (χ2n) is 4.63. The lowest BCUT2D eigenvalue weighted by Gasteiger charge is -2.08. The molecule has 3 rings (SSSR count). The van der Waals surface area contributed by atoms with Crippen molar-refractivity contribution in [3.05, 3.63) is 60.6 Å². The molecule has 0 aliphatic heterocycles. The summed E-state index contributed by atoms with van der Waals surface area (Å²) in [6, 6.07) is 14.5. The van der Waals surface area contributed by atoms with Gasteiger partial charge in [0.1, 0.15) is 0 Å². The van der Waals surface area contributed by atoms with Crippen molar-refractivity contribution >= 4 is 29.1 Å². The predicted molar refractivity (Wildman–Crippen MR) is 83.8 cm³/mol. The number of fused-ring (bicyclic) bond motifs is 1. The minimum atomic E-state index is -0.342. The topological polar surface area (TPSA) is 44.1 Å². The van der Waals surface area contributed by atoms with Gasteiger partial charge in [-0.05, 0) is 22.4 Å². The number of esters is 1. The predicted octanol–water partition coefficient (Wildman–Crippen LogP) is 3.43. The maximum absolute atomic E-state index is 11.0. The molecule has 1 heterocycles. The number of carbonyl (C=O) groups is 1. The van der Waals surface area contributed by atoms with Gasteiger partial charge in [-0.1, -0.05) is 36.4 Å². The first-order chi connectivity index (χ1) is 9.72. The highest BCUT2D eigenvalue weighted by atomic mass is 35.5. The van der Waals surface area contributed by atoms with Gasteiger partial charge in [-0.25, -0.2) is 4.98 Å². The Kier molecular flexibility index (Phi) is 4.60. The molecular formula is C16H15ClN2O2. The van der Waals surface area contributed by atoms with Gasteiger partial charge in [0.05, 0.1) is 19.1 Å². The van der Waals surface area contributed by atoms with Crippen LogP contribution in [0.15, 0.2) is 55.0 Å². The molecule has 0 unspecified atom stereocenters. The molecule has 0 aliphatic carbocycles.